The van der Waals surface area contributed by atoms with Gasteiger partial charge in [0.15, 0.2) is 5.76 Å². The van der Waals surface area contributed by atoms with Crippen LogP contribution in [0.3, 0.4) is 0 Å². The van der Waals surface area contributed by atoms with E-state index >= 15 is 0 Å². The third-order valence-electron chi connectivity index (χ3n) is 3.02. The third-order valence-corrected chi connectivity index (χ3v) is 3.02. The molecule has 18 heavy (non-hydrogen) atoms. The van der Waals surface area contributed by atoms with E-state index in [1.54, 1.807) is 12.1 Å². The highest BCUT2D eigenvalue weighted by atomic mass is 16.3. The van der Waals surface area contributed by atoms with Gasteiger partial charge in [-0.15, -0.1) is 0 Å². The van der Waals surface area contributed by atoms with Gasteiger partial charge in [-0.1, -0.05) is 0 Å². The first kappa shape index (κ1) is 12.6. The average Bonchev–Trinajstić information content (AvgIpc) is 2.91. The molecule has 1 aromatic rings. The molecule has 0 atom stereocenters. The summed E-state index contributed by atoms with van der Waals surface area (Å²) in [6, 6.07) is 3.17. The Bertz CT molecular complexity index is 437. The summed E-state index contributed by atoms with van der Waals surface area (Å²) in [6.45, 7) is -0.115. The fraction of sp³-hybridized carbons (Fsp3) is 0.500. The SMILES string of the molecule is CN(CC(=O)NC1(CO)CC1)C(=O)c1ccco1. The predicted molar refractivity (Wildman–Crippen MR) is 62.9 cm³/mol. The fourth-order valence-electron chi connectivity index (χ4n) is 1.68. The highest BCUT2D eigenvalue weighted by Gasteiger charge is 2.43. The number of nitrogens with zero attached hydrogens (tertiary/aromatic N) is 1. The normalized spacial score (nSPS) is 16.1. The van der Waals surface area contributed by atoms with E-state index in [2.05, 4.69) is 5.32 Å². The molecule has 1 aromatic heterocycles. The van der Waals surface area contributed by atoms with Crippen LogP contribution in [0.4, 0.5) is 0 Å². The Kier molecular flexibility index (Phi) is 3.38. The monoisotopic (exact) mass is 252 g/mol. The van der Waals surface area contributed by atoms with Gasteiger partial charge in [0.2, 0.25) is 5.91 Å². The molecule has 1 fully saturated rings. The molecule has 0 aromatic carbocycles. The fourth-order valence-corrected chi connectivity index (χ4v) is 1.68. The molecule has 0 unspecified atom stereocenters. The van der Waals surface area contributed by atoms with E-state index in [9.17, 15) is 9.59 Å². The second-order valence-electron chi connectivity index (χ2n) is 4.63. The predicted octanol–water partition coefficient (Wildman–Crippen LogP) is -0.00730. The van der Waals surface area contributed by atoms with Crippen molar-refractivity contribution in [2.24, 2.45) is 0 Å². The van der Waals surface area contributed by atoms with Crippen LogP contribution in [0.25, 0.3) is 0 Å². The Morgan fingerprint density at radius 1 is 1.56 bits per heavy atom. The molecule has 1 aliphatic carbocycles. The molecule has 0 bridgehead atoms. The van der Waals surface area contributed by atoms with Crippen molar-refractivity contribution < 1.29 is 19.1 Å². The Morgan fingerprint density at radius 3 is 2.78 bits per heavy atom. The van der Waals surface area contributed by atoms with Gasteiger partial charge >= 0.3 is 0 Å². The molecule has 0 aliphatic heterocycles. The van der Waals surface area contributed by atoms with Gasteiger partial charge in [0, 0.05) is 7.05 Å². The summed E-state index contributed by atoms with van der Waals surface area (Å²) in [4.78, 5) is 24.8. The maximum Gasteiger partial charge on any atom is 0.289 e. The lowest BCUT2D eigenvalue weighted by Gasteiger charge is -2.19. The lowest BCUT2D eigenvalue weighted by Crippen LogP contribution is -2.45. The molecule has 1 aliphatic rings. The largest absolute Gasteiger partial charge is 0.459 e. The smallest absolute Gasteiger partial charge is 0.289 e. The zero-order valence-corrected chi connectivity index (χ0v) is 10.2. The second kappa shape index (κ2) is 4.81. The third kappa shape index (κ3) is 2.70. The van der Waals surface area contributed by atoms with Crippen LogP contribution in [0.15, 0.2) is 22.8 Å². The quantitative estimate of drug-likeness (QED) is 0.772. The molecule has 6 heteroatoms. The second-order valence-corrected chi connectivity index (χ2v) is 4.63. The number of likely N-dealkylation sites (N-methyl/N-ethyl adjacent to an activating group) is 1. The zero-order chi connectivity index (χ0) is 13.2. The first-order chi connectivity index (χ1) is 8.56. The summed E-state index contributed by atoms with van der Waals surface area (Å²) < 4.78 is 4.97. The van der Waals surface area contributed by atoms with Gasteiger partial charge in [-0.05, 0) is 25.0 Å². The minimum atomic E-state index is -0.453. The minimum Gasteiger partial charge on any atom is -0.459 e. The van der Waals surface area contributed by atoms with Gasteiger partial charge < -0.3 is 19.7 Å². The summed E-state index contributed by atoms with van der Waals surface area (Å²) in [7, 11) is 1.53. The topological polar surface area (TPSA) is 82.8 Å². The van der Waals surface area contributed by atoms with Gasteiger partial charge in [0.05, 0.1) is 25.0 Å². The van der Waals surface area contributed by atoms with E-state index in [1.165, 1.54) is 18.2 Å². The van der Waals surface area contributed by atoms with Gasteiger partial charge in [-0.2, -0.15) is 0 Å². The molecule has 0 spiro atoms. The van der Waals surface area contributed by atoms with E-state index in [0.29, 0.717) is 0 Å². The van der Waals surface area contributed by atoms with E-state index < -0.39 is 5.54 Å². The highest BCUT2D eigenvalue weighted by Crippen LogP contribution is 2.34. The van der Waals surface area contributed by atoms with Crippen LogP contribution in [0.2, 0.25) is 0 Å². The zero-order valence-electron chi connectivity index (χ0n) is 10.2. The molecule has 1 saturated carbocycles. The van der Waals surface area contributed by atoms with Gasteiger partial charge in [-0.3, -0.25) is 9.59 Å². The number of rotatable bonds is 5. The van der Waals surface area contributed by atoms with Gasteiger partial charge in [0.25, 0.3) is 5.91 Å². The summed E-state index contributed by atoms with van der Waals surface area (Å²) >= 11 is 0. The summed E-state index contributed by atoms with van der Waals surface area (Å²) in [6.07, 6.45) is 2.97. The van der Waals surface area contributed by atoms with Crippen molar-refractivity contribution >= 4 is 11.8 Å². The van der Waals surface area contributed by atoms with Crippen LogP contribution in [0, 0.1) is 0 Å². The number of aliphatic hydroxyl groups excluding tert-OH is 1. The van der Waals surface area contributed by atoms with Crippen LogP contribution in [0.1, 0.15) is 23.4 Å². The van der Waals surface area contributed by atoms with Gasteiger partial charge in [0.1, 0.15) is 0 Å². The van der Waals surface area contributed by atoms with Crippen molar-refractivity contribution in [3.63, 3.8) is 0 Å². The molecule has 1 heterocycles. The summed E-state index contributed by atoms with van der Waals surface area (Å²) in [5, 5.41) is 11.8. The van der Waals surface area contributed by atoms with Crippen molar-refractivity contribution in [1.82, 2.24) is 10.2 Å². The number of carbonyl (C=O) groups is 2. The number of carbonyl (C=O) groups excluding carboxylic acids is 2. The molecule has 98 valence electrons. The van der Waals surface area contributed by atoms with Crippen molar-refractivity contribution in [2.45, 2.75) is 18.4 Å². The molecule has 2 N–H and O–H groups in total. The van der Waals surface area contributed by atoms with Crippen molar-refractivity contribution in [3.05, 3.63) is 24.2 Å². The lowest BCUT2D eigenvalue weighted by atomic mass is 10.3. The van der Waals surface area contributed by atoms with Crippen molar-refractivity contribution in [2.75, 3.05) is 20.2 Å². The number of hydrogen-bond acceptors (Lipinski definition) is 4. The van der Waals surface area contributed by atoms with E-state index in [0.717, 1.165) is 12.8 Å². The van der Waals surface area contributed by atoms with Gasteiger partial charge in [-0.25, -0.2) is 0 Å². The van der Waals surface area contributed by atoms with Crippen molar-refractivity contribution in [1.29, 1.82) is 0 Å². The molecular weight excluding hydrogens is 236 g/mol. The summed E-state index contributed by atoms with van der Waals surface area (Å²) in [5.74, 6) is -0.415. The Morgan fingerprint density at radius 2 is 2.28 bits per heavy atom. The maximum absolute atomic E-state index is 11.8. The van der Waals surface area contributed by atoms with Crippen molar-refractivity contribution in [3.8, 4) is 0 Å². The standard InChI is InChI=1S/C12H16N2O4/c1-14(11(17)9-3-2-6-18-9)7-10(16)13-12(8-15)4-5-12/h2-3,6,15H,4-5,7-8H2,1H3,(H,13,16). The Balaban J connectivity index is 1.85. The average molecular weight is 252 g/mol. The molecule has 0 radical (unpaired) electrons. The first-order valence-corrected chi connectivity index (χ1v) is 5.77. The Labute approximate surface area is 105 Å². The van der Waals surface area contributed by atoms with Crippen LogP contribution < -0.4 is 5.32 Å². The van der Waals surface area contributed by atoms with E-state index in [4.69, 9.17) is 9.52 Å². The van der Waals surface area contributed by atoms with E-state index in [1.807, 2.05) is 0 Å². The first-order valence-electron chi connectivity index (χ1n) is 5.77. The molecular formula is C12H16N2O4. The highest BCUT2D eigenvalue weighted by molar-refractivity contribution is 5.94. The number of furan rings is 1. The Hall–Kier alpha value is -1.82. The van der Waals surface area contributed by atoms with Crippen LogP contribution in [0.5, 0.6) is 0 Å². The van der Waals surface area contributed by atoms with Crippen LogP contribution >= 0.6 is 0 Å². The molecule has 6 nitrogen and oxygen atoms in total. The minimum absolute atomic E-state index is 0.0543. The van der Waals surface area contributed by atoms with Crippen LogP contribution in [-0.4, -0.2) is 47.6 Å². The molecule has 0 saturated heterocycles. The molecule has 2 rings (SSSR count). The van der Waals surface area contributed by atoms with E-state index in [-0.39, 0.29) is 30.7 Å². The summed E-state index contributed by atoms with van der Waals surface area (Å²) in [5.41, 5.74) is -0.453. The van der Waals surface area contributed by atoms with Crippen LogP contribution in [-0.2, 0) is 4.79 Å². The number of hydrogen-bond donors (Lipinski definition) is 2. The number of amides is 2. The lowest BCUT2D eigenvalue weighted by molar-refractivity contribution is -0.122. The number of aliphatic hydroxyl groups is 1. The maximum atomic E-state index is 11.8. The molecule has 2 amide bonds. The number of nitrogens with one attached hydrogen (secondary N) is 1.